The van der Waals surface area contributed by atoms with Gasteiger partial charge < -0.3 is 0 Å². The number of rotatable bonds is 3. The summed E-state index contributed by atoms with van der Waals surface area (Å²) in [5, 5.41) is 3.81. The highest BCUT2D eigenvalue weighted by Crippen LogP contribution is 2.39. The molecular formula is C12H16F4N2. The van der Waals surface area contributed by atoms with Crippen molar-refractivity contribution in [3.63, 3.8) is 0 Å². The van der Waals surface area contributed by atoms with Crippen LogP contribution in [0.5, 0.6) is 0 Å². The van der Waals surface area contributed by atoms with Crippen molar-refractivity contribution in [3.05, 3.63) is 17.5 Å². The molecule has 1 aliphatic rings. The Hall–Kier alpha value is -1.07. The fourth-order valence-corrected chi connectivity index (χ4v) is 2.51. The van der Waals surface area contributed by atoms with E-state index in [1.165, 1.54) is 10.9 Å². The predicted molar refractivity (Wildman–Crippen MR) is 58.8 cm³/mol. The maximum Gasteiger partial charge on any atom is 0.289 e. The average molecular weight is 264 g/mol. The summed E-state index contributed by atoms with van der Waals surface area (Å²) in [6, 6.07) is 0. The van der Waals surface area contributed by atoms with Crippen molar-refractivity contribution in [3.8, 4) is 0 Å². The summed E-state index contributed by atoms with van der Waals surface area (Å²) in [6.07, 6.45) is 1.63. The number of hydrogen-bond acceptors (Lipinski definition) is 1. The molecule has 0 amide bonds. The second-order valence-corrected chi connectivity index (χ2v) is 5.24. The smallest absolute Gasteiger partial charge is 0.272 e. The Labute approximate surface area is 103 Å². The molecule has 1 fully saturated rings. The molecule has 0 aromatic carbocycles. The summed E-state index contributed by atoms with van der Waals surface area (Å²) < 4.78 is 53.8. The minimum atomic E-state index is -2.99. The summed E-state index contributed by atoms with van der Waals surface area (Å²) in [5.41, 5.74) is 0.125. The summed E-state index contributed by atoms with van der Waals surface area (Å²) >= 11 is 0. The highest BCUT2D eigenvalue weighted by molar-refractivity contribution is 5.19. The lowest BCUT2D eigenvalue weighted by molar-refractivity contribution is 0.00346. The van der Waals surface area contributed by atoms with Crippen molar-refractivity contribution >= 4 is 0 Å². The van der Waals surface area contributed by atoms with Gasteiger partial charge in [0.1, 0.15) is 5.69 Å². The molecule has 0 spiro atoms. The fourth-order valence-electron chi connectivity index (χ4n) is 2.51. The van der Waals surface area contributed by atoms with Gasteiger partial charge in [0.05, 0.1) is 0 Å². The van der Waals surface area contributed by atoms with E-state index in [1.54, 1.807) is 6.92 Å². The topological polar surface area (TPSA) is 17.8 Å². The Balaban J connectivity index is 2.08. The van der Waals surface area contributed by atoms with Crippen LogP contribution in [-0.2, 0) is 12.5 Å². The lowest BCUT2D eigenvalue weighted by Crippen LogP contribution is -2.15. The zero-order chi connectivity index (χ0) is 13.6. The van der Waals surface area contributed by atoms with E-state index in [1.807, 2.05) is 0 Å². The first-order chi connectivity index (χ1) is 8.17. The number of aromatic nitrogens is 2. The van der Waals surface area contributed by atoms with Crippen LogP contribution in [0.15, 0.2) is 6.20 Å². The molecule has 18 heavy (non-hydrogen) atoms. The molecule has 1 saturated carbocycles. The molecule has 0 saturated heterocycles. The molecule has 0 N–H and O–H groups in total. The van der Waals surface area contributed by atoms with E-state index in [-0.39, 0.29) is 31.0 Å². The van der Waals surface area contributed by atoms with Gasteiger partial charge in [0, 0.05) is 32.5 Å². The monoisotopic (exact) mass is 264 g/mol. The van der Waals surface area contributed by atoms with E-state index >= 15 is 0 Å². The number of alkyl halides is 4. The van der Waals surface area contributed by atoms with Gasteiger partial charge in [-0.1, -0.05) is 0 Å². The Bertz CT molecular complexity index is 434. The van der Waals surface area contributed by atoms with Crippen LogP contribution in [0.2, 0.25) is 0 Å². The number of halogens is 4. The van der Waals surface area contributed by atoms with Gasteiger partial charge in [0.2, 0.25) is 5.92 Å². The molecule has 1 aromatic heterocycles. The summed E-state index contributed by atoms with van der Waals surface area (Å²) in [5.74, 6) is -5.78. The van der Waals surface area contributed by atoms with E-state index in [4.69, 9.17) is 0 Å². The van der Waals surface area contributed by atoms with Crippen molar-refractivity contribution in [1.29, 1.82) is 0 Å². The largest absolute Gasteiger partial charge is 0.289 e. The van der Waals surface area contributed by atoms with Crippen LogP contribution in [0.1, 0.15) is 37.4 Å². The molecule has 2 nitrogen and oxygen atoms in total. The Morgan fingerprint density at radius 2 is 2.17 bits per heavy atom. The van der Waals surface area contributed by atoms with Gasteiger partial charge in [-0.25, -0.2) is 8.78 Å². The molecule has 1 aliphatic carbocycles. The van der Waals surface area contributed by atoms with E-state index < -0.39 is 11.8 Å². The maximum absolute atomic E-state index is 13.2. The third-order valence-corrected chi connectivity index (χ3v) is 3.31. The Morgan fingerprint density at radius 1 is 1.50 bits per heavy atom. The van der Waals surface area contributed by atoms with Crippen LogP contribution in [-0.4, -0.2) is 15.7 Å². The minimum Gasteiger partial charge on any atom is -0.272 e. The van der Waals surface area contributed by atoms with Crippen LogP contribution in [0, 0.1) is 12.8 Å². The fraction of sp³-hybridized carbons (Fsp3) is 0.750. The first-order valence-corrected chi connectivity index (χ1v) is 5.97. The predicted octanol–water partition coefficient (Wildman–Crippen LogP) is 3.74. The maximum atomic E-state index is 13.2. The van der Waals surface area contributed by atoms with E-state index in [0.29, 0.717) is 12.0 Å². The first kappa shape index (κ1) is 13.4. The molecule has 1 unspecified atom stereocenters. The summed E-state index contributed by atoms with van der Waals surface area (Å²) in [6.45, 7) is 2.63. The van der Waals surface area contributed by atoms with Crippen molar-refractivity contribution in [2.24, 2.45) is 5.92 Å². The van der Waals surface area contributed by atoms with Crippen LogP contribution < -0.4 is 0 Å². The van der Waals surface area contributed by atoms with E-state index in [2.05, 4.69) is 5.10 Å². The lowest BCUT2D eigenvalue weighted by Gasteiger charge is -2.11. The quantitative estimate of drug-likeness (QED) is 0.760. The molecule has 0 bridgehead atoms. The molecule has 0 aliphatic heterocycles. The summed E-state index contributed by atoms with van der Waals surface area (Å²) in [7, 11) is 0. The van der Waals surface area contributed by atoms with Gasteiger partial charge >= 0.3 is 0 Å². The van der Waals surface area contributed by atoms with E-state index in [9.17, 15) is 17.6 Å². The van der Waals surface area contributed by atoms with Gasteiger partial charge in [0.25, 0.3) is 5.92 Å². The van der Waals surface area contributed by atoms with Crippen LogP contribution in [0.4, 0.5) is 17.6 Å². The van der Waals surface area contributed by atoms with E-state index in [0.717, 1.165) is 6.92 Å². The number of nitrogens with zero attached hydrogens (tertiary/aromatic N) is 2. The molecule has 1 aromatic rings. The molecule has 1 heterocycles. The van der Waals surface area contributed by atoms with Crippen LogP contribution >= 0.6 is 0 Å². The first-order valence-electron chi connectivity index (χ1n) is 5.97. The lowest BCUT2D eigenvalue weighted by atomic mass is 10.1. The van der Waals surface area contributed by atoms with Gasteiger partial charge in [0.15, 0.2) is 0 Å². The molecule has 102 valence electrons. The average Bonchev–Trinajstić information content (AvgIpc) is 2.69. The molecule has 6 heteroatoms. The highest BCUT2D eigenvalue weighted by atomic mass is 19.3. The van der Waals surface area contributed by atoms with Gasteiger partial charge in [-0.2, -0.15) is 13.9 Å². The molecule has 2 rings (SSSR count). The standard InChI is InChI=1S/C12H16F4N2/c1-8-6-18(17-10(8)11(2,13)14)7-9-3-4-12(15,16)5-9/h6,9H,3-5,7H2,1-2H3. The van der Waals surface area contributed by atoms with Crippen molar-refractivity contribution < 1.29 is 17.6 Å². The van der Waals surface area contributed by atoms with Crippen LogP contribution in [0.3, 0.4) is 0 Å². The molecule has 1 atom stereocenters. The van der Waals surface area contributed by atoms with Crippen LogP contribution in [0.25, 0.3) is 0 Å². The van der Waals surface area contributed by atoms with Crippen molar-refractivity contribution in [2.75, 3.05) is 0 Å². The second-order valence-electron chi connectivity index (χ2n) is 5.24. The minimum absolute atomic E-state index is 0.116. The van der Waals surface area contributed by atoms with Gasteiger partial charge in [-0.05, 0) is 24.8 Å². The number of hydrogen-bond donors (Lipinski definition) is 0. The number of aryl methyl sites for hydroxylation is 1. The third-order valence-electron chi connectivity index (χ3n) is 3.31. The van der Waals surface area contributed by atoms with Crippen molar-refractivity contribution in [2.45, 2.75) is 51.5 Å². The highest BCUT2D eigenvalue weighted by Gasteiger charge is 2.39. The summed E-state index contributed by atoms with van der Waals surface area (Å²) in [4.78, 5) is 0. The normalized spacial score (nSPS) is 23.6. The van der Waals surface area contributed by atoms with Crippen molar-refractivity contribution in [1.82, 2.24) is 9.78 Å². The molecular weight excluding hydrogens is 248 g/mol. The Kier molecular flexibility index (Phi) is 3.15. The van der Waals surface area contributed by atoms with Gasteiger partial charge in [-0.15, -0.1) is 0 Å². The SMILES string of the molecule is Cc1cn(CC2CCC(F)(F)C2)nc1C(C)(F)F. The third kappa shape index (κ3) is 2.84. The zero-order valence-corrected chi connectivity index (χ0v) is 10.4. The van der Waals surface area contributed by atoms with Gasteiger partial charge in [-0.3, -0.25) is 4.68 Å². The second kappa shape index (κ2) is 4.24. The molecule has 0 radical (unpaired) electrons. The Morgan fingerprint density at radius 3 is 2.61 bits per heavy atom. The zero-order valence-electron chi connectivity index (χ0n) is 10.4.